The third-order valence-electron chi connectivity index (χ3n) is 4.38. The van der Waals surface area contributed by atoms with Crippen LogP contribution in [0, 0.1) is 0 Å². The average Bonchev–Trinajstić information content (AvgIpc) is 3.32. The number of halogens is 1. The predicted molar refractivity (Wildman–Crippen MR) is 105 cm³/mol. The van der Waals surface area contributed by atoms with Crippen molar-refractivity contribution >= 4 is 29.9 Å². The number of aliphatic imine (C=N–C) groups is 1. The van der Waals surface area contributed by atoms with Gasteiger partial charge in [0.15, 0.2) is 5.96 Å². The van der Waals surface area contributed by atoms with Gasteiger partial charge in [0.2, 0.25) is 0 Å². The number of hydrogen-bond donors (Lipinski definition) is 2. The van der Waals surface area contributed by atoms with Crippen molar-refractivity contribution in [3.05, 3.63) is 35.9 Å². The van der Waals surface area contributed by atoms with E-state index in [0.29, 0.717) is 5.41 Å². The lowest BCUT2D eigenvalue weighted by Crippen LogP contribution is -2.43. The average molecular weight is 416 g/mol. The minimum atomic E-state index is 0. The largest absolute Gasteiger partial charge is 0.356 e. The third-order valence-corrected chi connectivity index (χ3v) is 4.38. The molecule has 0 radical (unpaired) electrons. The standard InChI is InChI=1S/C17H28N4.HI/c1-4-21(3)13-12-19-16(18-2)20-14-17(10-11-17)15-8-6-5-7-9-15;/h5-9H,4,10-14H2,1-3H3,(H2,18,19,20);1H. The molecule has 22 heavy (non-hydrogen) atoms. The van der Waals surface area contributed by atoms with Gasteiger partial charge in [0.25, 0.3) is 0 Å². The van der Waals surface area contributed by atoms with Crippen molar-refractivity contribution in [1.82, 2.24) is 15.5 Å². The quantitative estimate of drug-likeness (QED) is 0.408. The van der Waals surface area contributed by atoms with Crippen LogP contribution in [-0.2, 0) is 5.41 Å². The maximum absolute atomic E-state index is 4.31. The van der Waals surface area contributed by atoms with Gasteiger partial charge in [-0.05, 0) is 32.0 Å². The van der Waals surface area contributed by atoms with Gasteiger partial charge in [0.05, 0.1) is 0 Å². The number of nitrogens with one attached hydrogen (secondary N) is 2. The van der Waals surface area contributed by atoms with Crippen LogP contribution in [0.15, 0.2) is 35.3 Å². The van der Waals surface area contributed by atoms with E-state index in [9.17, 15) is 0 Å². The first kappa shape index (κ1) is 19.2. The van der Waals surface area contributed by atoms with Crippen LogP contribution in [0.5, 0.6) is 0 Å². The number of rotatable bonds is 7. The minimum absolute atomic E-state index is 0. The zero-order valence-corrected chi connectivity index (χ0v) is 16.3. The Kier molecular flexibility index (Phi) is 8.17. The van der Waals surface area contributed by atoms with Crippen LogP contribution >= 0.6 is 24.0 Å². The first-order valence-corrected chi connectivity index (χ1v) is 7.89. The fourth-order valence-corrected chi connectivity index (χ4v) is 2.51. The molecule has 0 unspecified atom stereocenters. The molecule has 1 aliphatic carbocycles. The summed E-state index contributed by atoms with van der Waals surface area (Å²) in [5.74, 6) is 0.904. The first-order chi connectivity index (χ1) is 10.2. The molecule has 5 heteroatoms. The Morgan fingerprint density at radius 2 is 1.91 bits per heavy atom. The molecule has 2 rings (SSSR count). The molecule has 4 nitrogen and oxygen atoms in total. The second kappa shape index (κ2) is 9.35. The highest BCUT2D eigenvalue weighted by atomic mass is 127. The summed E-state index contributed by atoms with van der Waals surface area (Å²) in [5.41, 5.74) is 1.76. The summed E-state index contributed by atoms with van der Waals surface area (Å²) in [7, 11) is 3.97. The van der Waals surface area contributed by atoms with Crippen molar-refractivity contribution in [2.45, 2.75) is 25.2 Å². The first-order valence-electron chi connectivity index (χ1n) is 7.89. The number of likely N-dealkylation sites (N-methyl/N-ethyl adjacent to an activating group) is 1. The minimum Gasteiger partial charge on any atom is -0.356 e. The normalized spacial score (nSPS) is 16.1. The summed E-state index contributed by atoms with van der Waals surface area (Å²) in [6.07, 6.45) is 2.53. The Hall–Kier alpha value is -0.820. The van der Waals surface area contributed by atoms with Gasteiger partial charge in [-0.2, -0.15) is 0 Å². The van der Waals surface area contributed by atoms with E-state index in [4.69, 9.17) is 0 Å². The van der Waals surface area contributed by atoms with Crippen molar-refractivity contribution in [3.63, 3.8) is 0 Å². The smallest absolute Gasteiger partial charge is 0.191 e. The molecule has 1 saturated carbocycles. The molecule has 1 aliphatic rings. The Labute approximate surface area is 151 Å². The highest BCUT2D eigenvalue weighted by Gasteiger charge is 2.43. The molecule has 0 atom stereocenters. The van der Waals surface area contributed by atoms with Crippen LogP contribution in [0.2, 0.25) is 0 Å². The number of benzene rings is 1. The molecule has 0 heterocycles. The van der Waals surface area contributed by atoms with E-state index in [1.54, 1.807) is 0 Å². The summed E-state index contributed by atoms with van der Waals surface area (Å²) in [5, 5.41) is 6.87. The third kappa shape index (κ3) is 5.43. The van der Waals surface area contributed by atoms with Crippen molar-refractivity contribution < 1.29 is 0 Å². The van der Waals surface area contributed by atoms with Crippen LogP contribution in [0.1, 0.15) is 25.3 Å². The van der Waals surface area contributed by atoms with Gasteiger partial charge in [-0.15, -0.1) is 24.0 Å². The van der Waals surface area contributed by atoms with Crippen molar-refractivity contribution in [2.75, 3.05) is 40.3 Å². The van der Waals surface area contributed by atoms with Gasteiger partial charge in [0, 0.05) is 32.1 Å². The van der Waals surface area contributed by atoms with Gasteiger partial charge in [0.1, 0.15) is 0 Å². The van der Waals surface area contributed by atoms with Crippen LogP contribution in [0.25, 0.3) is 0 Å². The molecule has 0 aliphatic heterocycles. The number of guanidine groups is 1. The molecule has 0 bridgehead atoms. The van der Waals surface area contributed by atoms with Gasteiger partial charge in [-0.3, -0.25) is 4.99 Å². The van der Waals surface area contributed by atoms with E-state index in [1.807, 2.05) is 7.05 Å². The van der Waals surface area contributed by atoms with Gasteiger partial charge >= 0.3 is 0 Å². The number of hydrogen-bond acceptors (Lipinski definition) is 2. The van der Waals surface area contributed by atoms with Gasteiger partial charge in [-0.1, -0.05) is 37.3 Å². The topological polar surface area (TPSA) is 39.7 Å². The lowest BCUT2D eigenvalue weighted by atomic mass is 9.96. The summed E-state index contributed by atoms with van der Waals surface area (Å²) < 4.78 is 0. The fraction of sp³-hybridized carbons (Fsp3) is 0.588. The van der Waals surface area contributed by atoms with E-state index in [1.165, 1.54) is 18.4 Å². The Balaban J connectivity index is 0.00000242. The van der Waals surface area contributed by atoms with E-state index >= 15 is 0 Å². The summed E-state index contributed by atoms with van der Waals surface area (Å²) in [4.78, 5) is 6.60. The monoisotopic (exact) mass is 416 g/mol. The van der Waals surface area contributed by atoms with Crippen molar-refractivity contribution in [3.8, 4) is 0 Å². The van der Waals surface area contributed by atoms with Crippen LogP contribution < -0.4 is 10.6 Å². The molecule has 1 aromatic carbocycles. The molecule has 1 aromatic rings. The molecule has 1 fully saturated rings. The zero-order chi connectivity index (χ0) is 15.1. The summed E-state index contributed by atoms with van der Waals surface area (Å²) in [6, 6.07) is 10.8. The molecular formula is C17H29IN4. The highest BCUT2D eigenvalue weighted by molar-refractivity contribution is 14.0. The van der Waals surface area contributed by atoms with Crippen molar-refractivity contribution in [2.24, 2.45) is 4.99 Å². The molecular weight excluding hydrogens is 387 g/mol. The van der Waals surface area contributed by atoms with Gasteiger partial charge in [-0.25, -0.2) is 0 Å². The SMILES string of the molecule is CCN(C)CCNC(=NC)NCC1(c2ccccc2)CC1.I. The molecule has 0 amide bonds. The molecule has 124 valence electrons. The molecule has 2 N–H and O–H groups in total. The molecule has 0 spiro atoms. The lowest BCUT2D eigenvalue weighted by molar-refractivity contribution is 0.357. The molecule has 0 aromatic heterocycles. The summed E-state index contributed by atoms with van der Waals surface area (Å²) in [6.45, 7) is 6.15. The summed E-state index contributed by atoms with van der Waals surface area (Å²) >= 11 is 0. The van der Waals surface area contributed by atoms with E-state index in [0.717, 1.165) is 32.1 Å². The fourth-order valence-electron chi connectivity index (χ4n) is 2.51. The van der Waals surface area contributed by atoms with E-state index in [-0.39, 0.29) is 24.0 Å². The van der Waals surface area contributed by atoms with Crippen molar-refractivity contribution in [1.29, 1.82) is 0 Å². The maximum atomic E-state index is 4.31. The number of nitrogens with zero attached hydrogens (tertiary/aromatic N) is 2. The molecule has 0 saturated heterocycles. The van der Waals surface area contributed by atoms with E-state index < -0.39 is 0 Å². The van der Waals surface area contributed by atoms with E-state index in [2.05, 4.69) is 64.8 Å². The second-order valence-corrected chi connectivity index (χ2v) is 5.89. The van der Waals surface area contributed by atoms with Crippen LogP contribution in [-0.4, -0.2) is 51.1 Å². The lowest BCUT2D eigenvalue weighted by Gasteiger charge is -2.20. The Morgan fingerprint density at radius 1 is 1.23 bits per heavy atom. The predicted octanol–water partition coefficient (Wildman–Crippen LogP) is 2.45. The Bertz CT molecular complexity index is 457. The van der Waals surface area contributed by atoms with Gasteiger partial charge < -0.3 is 15.5 Å². The maximum Gasteiger partial charge on any atom is 0.191 e. The van der Waals surface area contributed by atoms with Crippen LogP contribution in [0.3, 0.4) is 0 Å². The zero-order valence-electron chi connectivity index (χ0n) is 13.9. The Morgan fingerprint density at radius 3 is 2.45 bits per heavy atom. The highest BCUT2D eigenvalue weighted by Crippen LogP contribution is 2.47. The van der Waals surface area contributed by atoms with Crippen LogP contribution in [0.4, 0.5) is 0 Å². The second-order valence-electron chi connectivity index (χ2n) is 5.89.